The molecule has 0 aromatic carbocycles. The van der Waals surface area contributed by atoms with E-state index in [1.54, 1.807) is 0 Å². The fourth-order valence-electron chi connectivity index (χ4n) is 3.08. The quantitative estimate of drug-likeness (QED) is 0.622. The van der Waals surface area contributed by atoms with E-state index in [0.29, 0.717) is 16.6 Å². The van der Waals surface area contributed by atoms with Crippen molar-refractivity contribution in [3.05, 3.63) is 0 Å². The third-order valence-electron chi connectivity index (χ3n) is 5.35. The molecule has 2 rings (SSSR count). The third kappa shape index (κ3) is 2.78. The Bertz CT molecular complexity index is 292. The Balaban J connectivity index is 1.83. The minimum atomic E-state index is -1.57. The van der Waals surface area contributed by atoms with Crippen molar-refractivity contribution in [1.29, 1.82) is 0 Å². The molecule has 0 amide bonds. The van der Waals surface area contributed by atoms with Gasteiger partial charge in [-0.15, -0.1) is 0 Å². The van der Waals surface area contributed by atoms with Crippen molar-refractivity contribution in [3.8, 4) is 0 Å². The van der Waals surface area contributed by atoms with Crippen molar-refractivity contribution in [2.45, 2.75) is 89.9 Å². The van der Waals surface area contributed by atoms with Gasteiger partial charge in [0.2, 0.25) is 0 Å². The van der Waals surface area contributed by atoms with Gasteiger partial charge in [0.15, 0.2) is 8.32 Å². The molecule has 0 radical (unpaired) electrons. The smallest absolute Gasteiger partial charge is 0.192 e. The molecule has 2 aliphatic carbocycles. The fourth-order valence-corrected chi connectivity index (χ4v) is 4.43. The second kappa shape index (κ2) is 4.38. The second-order valence-corrected chi connectivity index (χ2v) is 12.5. The van der Waals surface area contributed by atoms with Crippen molar-refractivity contribution in [3.63, 3.8) is 0 Å². The van der Waals surface area contributed by atoms with E-state index in [4.69, 9.17) is 5.80 Å². The Kier molecular flexibility index (Phi) is 3.15. The van der Waals surface area contributed by atoms with Gasteiger partial charge >= 0.3 is 0 Å². The highest BCUT2D eigenvalue weighted by Crippen LogP contribution is 2.54. The highest BCUT2D eigenvalue weighted by molar-refractivity contribution is 6.74. The van der Waals surface area contributed by atoms with Gasteiger partial charge < -0.3 is 4.43 Å². The number of hydrogen-bond acceptors (Lipinski definition) is 1. The third-order valence-corrected chi connectivity index (χ3v) is 9.88. The zero-order valence-electron chi connectivity index (χ0n) is 13.3. The summed E-state index contributed by atoms with van der Waals surface area (Å²) in [6.07, 6.45) is 8.07. The summed E-state index contributed by atoms with van der Waals surface area (Å²) in [4.78, 5) is 0. The molecule has 0 N–H and O–H groups in total. The Morgan fingerprint density at radius 3 is 2.18 bits per heavy atom. The van der Waals surface area contributed by atoms with Gasteiger partial charge in [0, 0.05) is 7.47 Å². The first-order valence-corrected chi connectivity index (χ1v) is 10.1. The van der Waals surface area contributed by atoms with E-state index in [9.17, 15) is 0 Å². The average Bonchev–Trinajstić information content (AvgIpc) is 2.17. The molecule has 17 heavy (non-hydrogen) atoms. The molecule has 100 valence electrons. The van der Waals surface area contributed by atoms with E-state index >= 15 is 0 Å². The lowest BCUT2D eigenvalue weighted by Crippen LogP contribution is -2.51. The van der Waals surface area contributed by atoms with E-state index < -0.39 is 8.32 Å². The van der Waals surface area contributed by atoms with Crippen LogP contribution in [0.3, 0.4) is 0 Å². The van der Waals surface area contributed by atoms with Crippen LogP contribution in [-0.2, 0) is 4.43 Å². The van der Waals surface area contributed by atoms with E-state index in [0.717, 1.165) is 12.8 Å². The summed E-state index contributed by atoms with van der Waals surface area (Å²) in [5.41, 5.74) is 0.574. The zero-order chi connectivity index (χ0) is 13.6. The highest BCUT2D eigenvalue weighted by Gasteiger charge is 2.48. The molecule has 0 bridgehead atoms. The van der Waals surface area contributed by atoms with Crippen molar-refractivity contribution < 1.29 is 5.80 Å². The van der Waals surface area contributed by atoms with Gasteiger partial charge in [0.1, 0.15) is 0 Å². The van der Waals surface area contributed by atoms with Crippen LogP contribution in [0, 0.1) is 5.41 Å². The van der Waals surface area contributed by atoms with Gasteiger partial charge in [-0.2, -0.15) is 0 Å². The van der Waals surface area contributed by atoms with Crippen LogP contribution in [0.2, 0.25) is 18.1 Å². The first-order valence-electron chi connectivity index (χ1n) is 7.81. The average molecular weight is 255 g/mol. The van der Waals surface area contributed by atoms with E-state index in [2.05, 4.69) is 33.9 Å². The highest BCUT2D eigenvalue weighted by atomic mass is 28.4. The molecule has 2 fully saturated rings. The Hall–Kier alpha value is 0.177. The summed E-state index contributed by atoms with van der Waals surface area (Å²) in [5, 5.41) is 0.328. The van der Waals surface area contributed by atoms with Crippen molar-refractivity contribution >= 4 is 8.32 Å². The van der Waals surface area contributed by atoms with Crippen LogP contribution in [0.4, 0.5) is 0 Å². The number of hydrogen-bond donors (Lipinski definition) is 0. The summed E-state index contributed by atoms with van der Waals surface area (Å²) >= 11 is 0. The molecular formula is C15H30OSi. The van der Waals surface area contributed by atoms with Crippen LogP contribution in [0.25, 0.3) is 0 Å². The molecule has 0 unspecified atom stereocenters. The molecule has 0 aromatic rings. The molecule has 1 nitrogen and oxygen atoms in total. The molecule has 2 heteroatoms. The first kappa shape index (κ1) is 12.2. The van der Waals surface area contributed by atoms with E-state index in [-0.39, 0.29) is 6.40 Å². The lowest BCUT2D eigenvalue weighted by molar-refractivity contribution is -0.0461. The second-order valence-electron chi connectivity index (χ2n) is 7.77. The SMILES string of the molecule is [2H]C1CCC2(CC1)CC(O[Si](C)(C)C(C)(C)C)C2. The van der Waals surface area contributed by atoms with Crippen molar-refractivity contribution in [2.24, 2.45) is 5.41 Å². The fraction of sp³-hybridized carbons (Fsp3) is 1.00. The minimum absolute atomic E-state index is 0.219. The minimum Gasteiger partial charge on any atom is -0.414 e. The predicted molar refractivity (Wildman–Crippen MR) is 76.8 cm³/mol. The summed E-state index contributed by atoms with van der Waals surface area (Å²) in [7, 11) is -1.57. The molecule has 0 aliphatic heterocycles. The summed E-state index contributed by atoms with van der Waals surface area (Å²) in [6, 6.07) is 0. The lowest BCUT2D eigenvalue weighted by Gasteiger charge is -2.53. The zero-order valence-corrected chi connectivity index (χ0v) is 13.3. The molecular weight excluding hydrogens is 224 g/mol. The van der Waals surface area contributed by atoms with Crippen LogP contribution in [-0.4, -0.2) is 14.4 Å². The van der Waals surface area contributed by atoms with Gasteiger partial charge in [0.25, 0.3) is 0 Å². The van der Waals surface area contributed by atoms with Crippen molar-refractivity contribution in [1.82, 2.24) is 0 Å². The topological polar surface area (TPSA) is 9.23 Å². The summed E-state index contributed by atoms with van der Waals surface area (Å²) in [6.45, 7) is 11.7. The van der Waals surface area contributed by atoms with Gasteiger partial charge in [0.05, 0.1) is 0 Å². The maximum atomic E-state index is 7.80. The van der Waals surface area contributed by atoms with E-state index in [1.807, 2.05) is 0 Å². The first-order chi connectivity index (χ1) is 8.14. The van der Waals surface area contributed by atoms with Gasteiger partial charge in [-0.25, -0.2) is 0 Å². The maximum Gasteiger partial charge on any atom is 0.192 e. The summed E-state index contributed by atoms with van der Waals surface area (Å²) in [5.74, 6) is 0. The van der Waals surface area contributed by atoms with Gasteiger partial charge in [-0.3, -0.25) is 0 Å². The molecule has 0 saturated heterocycles. The Morgan fingerprint density at radius 1 is 1.18 bits per heavy atom. The van der Waals surface area contributed by atoms with Crippen molar-refractivity contribution in [2.75, 3.05) is 0 Å². The largest absolute Gasteiger partial charge is 0.414 e. The maximum absolute atomic E-state index is 7.80. The van der Waals surface area contributed by atoms with Crippen LogP contribution < -0.4 is 0 Å². The molecule has 0 atom stereocenters. The van der Waals surface area contributed by atoms with Gasteiger partial charge in [-0.05, 0) is 49.2 Å². The van der Waals surface area contributed by atoms with Crippen LogP contribution in [0.1, 0.15) is 67.1 Å². The molecule has 0 heterocycles. The Labute approximate surface area is 110 Å². The standard InChI is InChI=1S/C15H30OSi/c1-14(2,3)17(4,5)16-13-11-15(12-13)9-7-6-8-10-15/h13H,6-12H2,1-5H3/i6D. The van der Waals surface area contributed by atoms with Gasteiger partial charge in [-0.1, -0.05) is 40.0 Å². The summed E-state index contributed by atoms with van der Waals surface area (Å²) < 4.78 is 14.3. The van der Waals surface area contributed by atoms with Crippen LogP contribution in [0.15, 0.2) is 0 Å². The molecule has 0 aromatic heterocycles. The van der Waals surface area contributed by atoms with Crippen LogP contribution in [0.5, 0.6) is 0 Å². The van der Waals surface area contributed by atoms with Crippen LogP contribution >= 0.6 is 0 Å². The normalized spacial score (nSPS) is 39.9. The molecule has 1 spiro atoms. The van der Waals surface area contributed by atoms with E-state index in [1.165, 1.54) is 25.7 Å². The predicted octanol–water partition coefficient (Wildman–Crippen LogP) is 5.12. The Morgan fingerprint density at radius 2 is 1.71 bits per heavy atom. The molecule has 2 aliphatic rings. The lowest BCUT2D eigenvalue weighted by atomic mass is 9.59. The monoisotopic (exact) mass is 255 g/mol. The number of rotatable bonds is 2. The molecule has 2 saturated carbocycles.